The van der Waals surface area contributed by atoms with Gasteiger partial charge in [0.05, 0.1) is 6.04 Å². The van der Waals surface area contributed by atoms with Gasteiger partial charge in [0.15, 0.2) is 0 Å². The molecule has 0 heterocycles. The zero-order valence-corrected chi connectivity index (χ0v) is 11.4. The predicted molar refractivity (Wildman–Crippen MR) is 70.8 cm³/mol. The fourth-order valence-electron chi connectivity index (χ4n) is 2.51. The van der Waals surface area contributed by atoms with Crippen molar-refractivity contribution in [3.8, 4) is 0 Å². The van der Waals surface area contributed by atoms with Gasteiger partial charge in [-0.3, -0.25) is 9.69 Å². The summed E-state index contributed by atoms with van der Waals surface area (Å²) in [5, 5.41) is 2.95. The highest BCUT2D eigenvalue weighted by molar-refractivity contribution is 5.81. The van der Waals surface area contributed by atoms with Crippen molar-refractivity contribution < 1.29 is 4.79 Å². The van der Waals surface area contributed by atoms with E-state index in [1.54, 1.807) is 0 Å². The molecule has 0 radical (unpaired) electrons. The third-order valence-corrected chi connectivity index (χ3v) is 3.84. The highest BCUT2D eigenvalue weighted by atomic mass is 16.2. The van der Waals surface area contributed by atoms with E-state index in [4.69, 9.17) is 5.73 Å². The summed E-state index contributed by atoms with van der Waals surface area (Å²) in [7, 11) is 2.02. The molecule has 3 atom stereocenters. The molecular weight excluding hydrogens is 214 g/mol. The minimum absolute atomic E-state index is 0.0873. The Balaban J connectivity index is 2.49. The van der Waals surface area contributed by atoms with Crippen LogP contribution in [0.4, 0.5) is 0 Å². The number of nitrogens with zero attached hydrogens (tertiary/aromatic N) is 1. The number of carbonyl (C=O) groups is 1. The summed E-state index contributed by atoms with van der Waals surface area (Å²) in [6.45, 7) is 4.78. The van der Waals surface area contributed by atoms with Gasteiger partial charge in [0.1, 0.15) is 0 Å². The Morgan fingerprint density at radius 1 is 1.47 bits per heavy atom. The van der Waals surface area contributed by atoms with E-state index in [0.29, 0.717) is 6.04 Å². The largest absolute Gasteiger partial charge is 0.355 e. The first-order chi connectivity index (χ1) is 8.07. The van der Waals surface area contributed by atoms with Gasteiger partial charge in [0.2, 0.25) is 5.91 Å². The highest BCUT2D eigenvalue weighted by Gasteiger charge is 2.30. The Morgan fingerprint density at radius 3 is 2.71 bits per heavy atom. The zero-order chi connectivity index (χ0) is 12.8. The van der Waals surface area contributed by atoms with Crippen LogP contribution in [0.5, 0.6) is 0 Å². The van der Waals surface area contributed by atoms with Gasteiger partial charge in [0.25, 0.3) is 0 Å². The number of hydrogen-bond donors (Lipinski definition) is 2. The zero-order valence-electron chi connectivity index (χ0n) is 11.4. The molecule has 1 saturated carbocycles. The molecule has 1 rings (SSSR count). The molecule has 1 aliphatic rings. The normalized spacial score (nSPS) is 26.9. The van der Waals surface area contributed by atoms with Crippen molar-refractivity contribution in [3.63, 3.8) is 0 Å². The van der Waals surface area contributed by atoms with Crippen molar-refractivity contribution in [3.05, 3.63) is 0 Å². The van der Waals surface area contributed by atoms with Crippen molar-refractivity contribution in [2.45, 2.75) is 64.1 Å². The smallest absolute Gasteiger partial charge is 0.237 e. The van der Waals surface area contributed by atoms with Gasteiger partial charge in [-0.2, -0.15) is 0 Å². The van der Waals surface area contributed by atoms with Crippen LogP contribution in [-0.4, -0.2) is 42.5 Å². The Hall–Kier alpha value is -0.610. The number of carbonyl (C=O) groups excluding carboxylic acids is 1. The summed E-state index contributed by atoms with van der Waals surface area (Å²) in [5.74, 6) is 0.118. The number of hydrogen-bond acceptors (Lipinski definition) is 3. The first-order valence-corrected chi connectivity index (χ1v) is 6.83. The molecule has 0 aromatic heterocycles. The minimum atomic E-state index is -0.0873. The molecule has 0 aromatic rings. The standard InChI is InChI=1S/C13H27N3O/c1-4-9-15-13(17)10(2)16(3)12-8-6-5-7-11(12)14/h10-12H,4-9,14H2,1-3H3,(H,15,17). The van der Waals surface area contributed by atoms with E-state index in [0.717, 1.165) is 25.8 Å². The van der Waals surface area contributed by atoms with Gasteiger partial charge < -0.3 is 11.1 Å². The number of rotatable bonds is 5. The van der Waals surface area contributed by atoms with E-state index in [1.807, 2.05) is 14.0 Å². The van der Waals surface area contributed by atoms with Crippen LogP contribution in [0.15, 0.2) is 0 Å². The average Bonchev–Trinajstić information content (AvgIpc) is 2.34. The molecule has 4 heteroatoms. The summed E-state index contributed by atoms with van der Waals surface area (Å²) in [5.41, 5.74) is 6.14. The molecular formula is C13H27N3O. The van der Waals surface area contributed by atoms with Crippen molar-refractivity contribution in [1.82, 2.24) is 10.2 Å². The fraction of sp³-hybridized carbons (Fsp3) is 0.923. The lowest BCUT2D eigenvalue weighted by Crippen LogP contribution is -2.54. The first kappa shape index (κ1) is 14.5. The lowest BCUT2D eigenvalue weighted by Gasteiger charge is -2.38. The molecule has 3 unspecified atom stereocenters. The molecule has 1 aliphatic carbocycles. The third-order valence-electron chi connectivity index (χ3n) is 3.84. The molecule has 0 bridgehead atoms. The van der Waals surface area contributed by atoms with E-state index in [-0.39, 0.29) is 18.0 Å². The Bertz CT molecular complexity index is 245. The number of amides is 1. The molecule has 100 valence electrons. The summed E-state index contributed by atoms with van der Waals surface area (Å²) in [4.78, 5) is 14.0. The number of nitrogens with one attached hydrogen (secondary N) is 1. The van der Waals surface area contributed by atoms with Crippen molar-refractivity contribution in [2.75, 3.05) is 13.6 Å². The van der Waals surface area contributed by atoms with Crippen LogP contribution in [0.2, 0.25) is 0 Å². The second kappa shape index (κ2) is 6.97. The molecule has 0 aromatic carbocycles. The SMILES string of the molecule is CCCNC(=O)C(C)N(C)C1CCCCC1N. The lowest BCUT2D eigenvalue weighted by molar-refractivity contribution is -0.126. The lowest BCUT2D eigenvalue weighted by atomic mass is 9.89. The topological polar surface area (TPSA) is 58.4 Å². The maximum absolute atomic E-state index is 11.9. The molecule has 3 N–H and O–H groups in total. The first-order valence-electron chi connectivity index (χ1n) is 6.83. The van der Waals surface area contributed by atoms with Crippen molar-refractivity contribution in [2.24, 2.45) is 5.73 Å². The predicted octanol–water partition coefficient (Wildman–Crippen LogP) is 1.10. The average molecular weight is 241 g/mol. The summed E-state index contributed by atoms with van der Waals surface area (Å²) < 4.78 is 0. The van der Waals surface area contributed by atoms with Gasteiger partial charge in [-0.25, -0.2) is 0 Å². The van der Waals surface area contributed by atoms with Crippen LogP contribution in [0, 0.1) is 0 Å². The van der Waals surface area contributed by atoms with Crippen LogP contribution in [0.3, 0.4) is 0 Å². The minimum Gasteiger partial charge on any atom is -0.355 e. The maximum Gasteiger partial charge on any atom is 0.237 e. The molecule has 1 fully saturated rings. The van der Waals surface area contributed by atoms with Crippen LogP contribution in [-0.2, 0) is 4.79 Å². The Kier molecular flexibility index (Phi) is 5.92. The van der Waals surface area contributed by atoms with Crippen LogP contribution >= 0.6 is 0 Å². The van der Waals surface area contributed by atoms with Crippen molar-refractivity contribution >= 4 is 5.91 Å². The maximum atomic E-state index is 11.9. The molecule has 1 amide bonds. The second-order valence-corrected chi connectivity index (χ2v) is 5.15. The Morgan fingerprint density at radius 2 is 2.12 bits per heavy atom. The quantitative estimate of drug-likeness (QED) is 0.758. The number of likely N-dealkylation sites (N-methyl/N-ethyl adjacent to an activating group) is 1. The van der Waals surface area contributed by atoms with Gasteiger partial charge in [0, 0.05) is 18.6 Å². The summed E-state index contributed by atoms with van der Waals surface area (Å²) in [6, 6.07) is 0.483. The van der Waals surface area contributed by atoms with Gasteiger partial charge in [-0.05, 0) is 33.2 Å². The van der Waals surface area contributed by atoms with Gasteiger partial charge in [-0.15, -0.1) is 0 Å². The van der Waals surface area contributed by atoms with Crippen LogP contribution in [0.1, 0.15) is 46.0 Å². The number of nitrogens with two attached hydrogens (primary N) is 1. The summed E-state index contributed by atoms with van der Waals surface area (Å²) in [6.07, 6.45) is 5.63. The molecule has 0 saturated heterocycles. The monoisotopic (exact) mass is 241 g/mol. The highest BCUT2D eigenvalue weighted by Crippen LogP contribution is 2.22. The molecule has 0 spiro atoms. The molecule has 17 heavy (non-hydrogen) atoms. The molecule has 4 nitrogen and oxygen atoms in total. The van der Waals surface area contributed by atoms with E-state index >= 15 is 0 Å². The van der Waals surface area contributed by atoms with Crippen LogP contribution in [0.25, 0.3) is 0 Å². The van der Waals surface area contributed by atoms with E-state index in [2.05, 4.69) is 17.1 Å². The van der Waals surface area contributed by atoms with Gasteiger partial charge >= 0.3 is 0 Å². The third kappa shape index (κ3) is 3.96. The fourth-order valence-corrected chi connectivity index (χ4v) is 2.51. The van der Waals surface area contributed by atoms with E-state index in [1.165, 1.54) is 12.8 Å². The Labute approximate surface area is 105 Å². The van der Waals surface area contributed by atoms with Crippen LogP contribution < -0.4 is 11.1 Å². The second-order valence-electron chi connectivity index (χ2n) is 5.15. The summed E-state index contributed by atoms with van der Waals surface area (Å²) >= 11 is 0. The van der Waals surface area contributed by atoms with Crippen molar-refractivity contribution in [1.29, 1.82) is 0 Å². The van der Waals surface area contributed by atoms with E-state index in [9.17, 15) is 4.79 Å². The van der Waals surface area contributed by atoms with E-state index < -0.39 is 0 Å². The molecule has 0 aliphatic heterocycles. The van der Waals surface area contributed by atoms with Gasteiger partial charge in [-0.1, -0.05) is 19.8 Å².